The van der Waals surface area contributed by atoms with Crippen LogP contribution in [0.4, 0.5) is 0 Å². The molecule has 22 nitrogen and oxygen atoms in total. The normalized spacial score (nSPS) is 10.1. The molecule has 0 fully saturated rings. The van der Waals surface area contributed by atoms with Crippen LogP contribution in [0.3, 0.4) is 0 Å². The molecule has 2 radical (unpaired) electrons. The molecule has 0 saturated heterocycles. The van der Waals surface area contributed by atoms with Gasteiger partial charge >= 0.3 is 0 Å². The first-order chi connectivity index (χ1) is 11.4. The molecule has 0 rings (SSSR count). The van der Waals surface area contributed by atoms with E-state index in [0.717, 1.165) is 0 Å². The smallest absolute Gasteiger partial charge is 0.290 e. The third kappa shape index (κ3) is 163000000. The summed E-state index contributed by atoms with van der Waals surface area (Å²) < 4.78 is 170. The number of rotatable bonds is 0. The third-order valence-electron chi connectivity index (χ3n) is 0. The van der Waals surface area contributed by atoms with Crippen LogP contribution in [0, 0.1) is 0 Å². The van der Waals surface area contributed by atoms with E-state index in [1.807, 2.05) is 0 Å². The van der Waals surface area contributed by atoms with Crippen LogP contribution in [-0.4, -0.2) is 99.2 Å². The number of carboxylic acid groups (broad SMARTS) is 1. The van der Waals surface area contributed by atoms with Crippen molar-refractivity contribution in [1.82, 2.24) is 0 Å². The van der Waals surface area contributed by atoms with Crippen LogP contribution in [0.2, 0.25) is 0 Å². The van der Waals surface area contributed by atoms with Gasteiger partial charge in [0.25, 0.3) is 6.47 Å². The van der Waals surface area contributed by atoms with Crippen molar-refractivity contribution < 1.29 is 135 Å². The molecule has 0 aromatic carbocycles. The maximum absolute atomic E-state index is 8.52. The Kier molecular flexibility index (Phi) is 41.1. The molecule has 0 bridgehead atoms. The van der Waals surface area contributed by atoms with Gasteiger partial charge in [0.15, 0.2) is 0 Å². The third-order valence-corrected chi connectivity index (χ3v) is 0. The van der Waals surface area contributed by atoms with E-state index in [4.69, 9.17) is 97.5 Å². The Bertz CT molecular complexity index is 670. The van der Waals surface area contributed by atoms with E-state index < -0.39 is 52.0 Å². The fraction of sp³-hybridized carbons (Fsp3) is 0. The Morgan fingerprint density at radius 1 is 0.400 bits per heavy atom. The van der Waals surface area contributed by atoms with Crippen LogP contribution in [0.1, 0.15) is 0 Å². The van der Waals surface area contributed by atoms with Crippen molar-refractivity contribution in [2.75, 3.05) is 0 Å². The van der Waals surface area contributed by atoms with E-state index in [2.05, 4.69) is 0 Å². The standard InChI is InChI=1S/CH2O2.5H2O4S.2V/c2-1-3;5*1-5(2,3)4;;/h1H,(H,2,3);5*(H2,1,2,3,4);;/p-10. The quantitative estimate of drug-likeness (QED) is 0.148. The summed E-state index contributed by atoms with van der Waals surface area (Å²) in [4.78, 5) is 8.36. The van der Waals surface area contributed by atoms with Crippen molar-refractivity contribution in [3.8, 4) is 0 Å². The minimum atomic E-state index is -5.17. The van der Waals surface area contributed by atoms with Gasteiger partial charge in [-0.25, -0.2) is 0 Å². The van der Waals surface area contributed by atoms with Gasteiger partial charge in [0, 0.05) is 89.1 Å². The Hall–Kier alpha value is -0.0112. The zero-order valence-corrected chi connectivity index (χ0v) is 19.4. The van der Waals surface area contributed by atoms with Crippen molar-refractivity contribution in [2.24, 2.45) is 0 Å². The van der Waals surface area contributed by atoms with Gasteiger partial charge in [-0.15, -0.1) is 0 Å². The molecule has 29 heteroatoms. The summed E-state index contributed by atoms with van der Waals surface area (Å²) in [6, 6.07) is 0. The summed E-state index contributed by atoms with van der Waals surface area (Å²) in [7, 11) is -25.8. The minimum absolute atomic E-state index is 0. The van der Waals surface area contributed by atoms with Crippen molar-refractivity contribution >= 4 is 58.5 Å². The monoisotopic (exact) mass is 628 g/mol. The van der Waals surface area contributed by atoms with Crippen LogP contribution in [0.25, 0.3) is 0 Å². The average molecular weight is 628 g/mol. The fourth-order valence-electron chi connectivity index (χ4n) is 0. The maximum atomic E-state index is 8.52. The Morgan fingerprint density at radius 2 is 0.400 bits per heavy atom. The molecule has 30 heavy (non-hydrogen) atoms. The number of hydrogen-bond donors (Lipinski definition) is 1. The first-order valence-electron chi connectivity index (χ1n) is 3.83. The van der Waals surface area contributed by atoms with Crippen LogP contribution in [0.15, 0.2) is 0 Å². The molecule has 0 amide bonds. The summed E-state index contributed by atoms with van der Waals surface area (Å²) >= 11 is 0. The number of hydrogen-bond acceptors (Lipinski definition) is 21. The summed E-state index contributed by atoms with van der Waals surface area (Å²) in [5.41, 5.74) is 0. The van der Waals surface area contributed by atoms with E-state index >= 15 is 0 Å². The minimum Gasteiger partial charge on any atom is -0.759 e. The van der Waals surface area contributed by atoms with Gasteiger partial charge < -0.3 is 50.6 Å². The summed E-state index contributed by atoms with van der Waals surface area (Å²) in [5.74, 6) is 0. The molecule has 0 spiro atoms. The fourth-order valence-corrected chi connectivity index (χ4v) is 0. The second-order valence-electron chi connectivity index (χ2n) is 2.15. The zero-order chi connectivity index (χ0) is 25.2. The van der Waals surface area contributed by atoms with Crippen molar-refractivity contribution in [2.45, 2.75) is 0 Å². The predicted molar refractivity (Wildman–Crippen MR) is 61.1 cm³/mol. The maximum Gasteiger partial charge on any atom is 0.290 e. The summed E-state index contributed by atoms with van der Waals surface area (Å²) in [6.45, 7) is -0.250. The molecule has 1 N–H and O–H groups in total. The van der Waals surface area contributed by atoms with Gasteiger partial charge in [0.2, 0.25) is 0 Å². The SMILES string of the molecule is O=CO.O=S(=O)([O-])[O-].O=S(=O)([O-])[O-].O=S(=O)([O-])[O-].O=S(=O)([O-])[O-].O=S(=O)([O-])[O-].[V].[V]. The average Bonchev–Trinajstić information content (AvgIpc) is 2.00. The van der Waals surface area contributed by atoms with Gasteiger partial charge in [0.05, 0.1) is 0 Å². The summed E-state index contributed by atoms with van der Waals surface area (Å²) in [6.07, 6.45) is 0. The molecule has 0 saturated carbocycles. The molecule has 0 atom stereocenters. The second-order valence-corrected chi connectivity index (χ2v) is 6.23. The van der Waals surface area contributed by atoms with Crippen molar-refractivity contribution in [1.29, 1.82) is 0 Å². The van der Waals surface area contributed by atoms with Crippen LogP contribution >= 0.6 is 0 Å². The second kappa shape index (κ2) is 23.6. The molecular formula is CH2O22S5V2-10. The first-order valence-corrected chi connectivity index (χ1v) is 10.5. The molecule has 0 aliphatic carbocycles. The zero-order valence-electron chi connectivity index (χ0n) is 12.5. The molecule has 188 valence electrons. The predicted octanol–water partition coefficient (Wildman–Crippen LogP) is -6.99. The van der Waals surface area contributed by atoms with Crippen LogP contribution in [0.5, 0.6) is 0 Å². The molecule has 0 aromatic rings. The molecule has 0 aromatic heterocycles. The molecule has 0 aliphatic heterocycles. The largest absolute Gasteiger partial charge is 0.759 e. The molecule has 0 unspecified atom stereocenters. The van der Waals surface area contributed by atoms with Gasteiger partial charge in [-0.3, -0.25) is 46.9 Å². The van der Waals surface area contributed by atoms with Gasteiger partial charge in [-0.2, -0.15) is 0 Å². The van der Waals surface area contributed by atoms with E-state index in [9.17, 15) is 0 Å². The van der Waals surface area contributed by atoms with Gasteiger partial charge in [-0.05, 0) is 0 Å². The summed E-state index contributed by atoms with van der Waals surface area (Å²) in [5, 5.41) is 6.89. The van der Waals surface area contributed by atoms with Crippen LogP contribution < -0.4 is 0 Å². The number of carbonyl (C=O) groups is 1. The molecule has 0 aliphatic rings. The first kappa shape index (κ1) is 52.1. The van der Waals surface area contributed by atoms with E-state index in [1.54, 1.807) is 0 Å². The van der Waals surface area contributed by atoms with Gasteiger partial charge in [0.1, 0.15) is 0 Å². The van der Waals surface area contributed by atoms with E-state index in [1.165, 1.54) is 0 Å². The van der Waals surface area contributed by atoms with Gasteiger partial charge in [-0.1, -0.05) is 0 Å². The molecular weight excluding hydrogens is 626 g/mol. The Morgan fingerprint density at radius 3 is 0.400 bits per heavy atom. The van der Waals surface area contributed by atoms with Crippen LogP contribution in [-0.2, 0) is 93.9 Å². The molecule has 0 heterocycles. The Labute approximate surface area is 192 Å². The van der Waals surface area contributed by atoms with Crippen molar-refractivity contribution in [3.63, 3.8) is 0 Å². The van der Waals surface area contributed by atoms with Crippen molar-refractivity contribution in [3.05, 3.63) is 0 Å². The Balaban J connectivity index is -0.0000000320. The van der Waals surface area contributed by atoms with E-state index in [0.29, 0.717) is 0 Å². The topological polar surface area (TPSA) is 439 Å². The van der Waals surface area contributed by atoms with E-state index in [-0.39, 0.29) is 43.6 Å².